The van der Waals surface area contributed by atoms with E-state index >= 15 is 0 Å². The highest BCUT2D eigenvalue weighted by Crippen LogP contribution is 2.70. The van der Waals surface area contributed by atoms with E-state index in [9.17, 15) is 30.3 Å². The molecule has 6 nitrogen and oxygen atoms in total. The second kappa shape index (κ2) is 5.39. The average Bonchev–Trinajstić information content (AvgIpc) is 2.73. The van der Waals surface area contributed by atoms with Gasteiger partial charge in [-0.25, -0.2) is 0 Å². The molecule has 0 aliphatic heterocycles. The molecule has 4 aliphatic rings. The number of aliphatic hydroxyl groups is 5. The molecule has 2 bridgehead atoms. The summed E-state index contributed by atoms with van der Waals surface area (Å²) >= 11 is 0. The van der Waals surface area contributed by atoms with Crippen molar-refractivity contribution >= 4 is 5.78 Å². The Kier molecular flexibility index (Phi) is 3.85. The van der Waals surface area contributed by atoms with Gasteiger partial charge in [-0.05, 0) is 48.5 Å². The van der Waals surface area contributed by atoms with Gasteiger partial charge in [0.15, 0.2) is 5.78 Å². The van der Waals surface area contributed by atoms with E-state index < -0.39 is 52.5 Å². The third kappa shape index (κ3) is 1.78. The van der Waals surface area contributed by atoms with Crippen molar-refractivity contribution in [1.82, 2.24) is 0 Å². The number of hydrogen-bond acceptors (Lipinski definition) is 6. The van der Waals surface area contributed by atoms with Crippen molar-refractivity contribution in [2.75, 3.05) is 6.61 Å². The van der Waals surface area contributed by atoms with E-state index in [0.717, 1.165) is 0 Å². The minimum Gasteiger partial charge on any atom is -0.396 e. The van der Waals surface area contributed by atoms with Crippen LogP contribution < -0.4 is 0 Å². The van der Waals surface area contributed by atoms with Crippen LogP contribution in [0, 0.1) is 34.0 Å². The third-order valence-corrected chi connectivity index (χ3v) is 8.84. The highest BCUT2D eigenvalue weighted by molar-refractivity contribution is 6.04. The topological polar surface area (TPSA) is 118 Å². The van der Waals surface area contributed by atoms with Crippen LogP contribution in [0.1, 0.15) is 39.5 Å². The van der Waals surface area contributed by atoms with E-state index in [4.69, 9.17) is 0 Å². The molecule has 0 aromatic heterocycles. The maximum atomic E-state index is 13.2. The zero-order chi connectivity index (χ0) is 19.2. The molecule has 4 saturated carbocycles. The van der Waals surface area contributed by atoms with Gasteiger partial charge in [-0.2, -0.15) is 0 Å². The summed E-state index contributed by atoms with van der Waals surface area (Å²) in [6.07, 6.45) is -2.14. The molecule has 4 fully saturated rings. The lowest BCUT2D eigenvalue weighted by atomic mass is 9.39. The molecule has 26 heavy (non-hydrogen) atoms. The maximum absolute atomic E-state index is 13.2. The molecule has 146 valence electrons. The second-order valence-corrected chi connectivity index (χ2v) is 9.64. The van der Waals surface area contributed by atoms with Crippen LogP contribution in [0.5, 0.6) is 0 Å². The van der Waals surface area contributed by atoms with Gasteiger partial charge in [0.1, 0.15) is 0 Å². The number of aliphatic hydroxyl groups excluding tert-OH is 5. The average molecular weight is 366 g/mol. The molecule has 10 atom stereocenters. The molecule has 0 aromatic carbocycles. The van der Waals surface area contributed by atoms with Gasteiger partial charge in [-0.3, -0.25) is 4.79 Å². The van der Waals surface area contributed by atoms with Crippen molar-refractivity contribution in [3.63, 3.8) is 0 Å². The molecule has 1 spiro atoms. The molecule has 0 amide bonds. The van der Waals surface area contributed by atoms with Gasteiger partial charge in [-0.15, -0.1) is 0 Å². The summed E-state index contributed by atoms with van der Waals surface area (Å²) in [5.41, 5.74) is -2.39. The standard InChI is InChI=1S/C20H30O6/c1-9-15-10(22)6-12-18(2)5-4-13(23)19(3,8-21)11(18)7-14(24)20(12,16(9)25)17(15)26/h10-15,17,21-24,26H,1,4-8H2,2-3H3/t10-,11-,12-,13+,14+,15+,17+,18+,19+,20-/m0/s1. The summed E-state index contributed by atoms with van der Waals surface area (Å²) in [5.74, 6) is -1.67. The van der Waals surface area contributed by atoms with Gasteiger partial charge < -0.3 is 25.5 Å². The van der Waals surface area contributed by atoms with Crippen molar-refractivity contribution in [3.8, 4) is 0 Å². The number of fused-ring (bicyclic) bond motifs is 3. The summed E-state index contributed by atoms with van der Waals surface area (Å²) in [6.45, 7) is 7.47. The lowest BCUT2D eigenvalue weighted by Crippen LogP contribution is -2.70. The Balaban J connectivity index is 1.89. The maximum Gasteiger partial charge on any atom is 0.170 e. The Bertz CT molecular complexity index is 663. The number of hydrogen-bond donors (Lipinski definition) is 5. The van der Waals surface area contributed by atoms with Crippen molar-refractivity contribution < 1.29 is 30.3 Å². The van der Waals surface area contributed by atoms with E-state index in [1.165, 1.54) is 0 Å². The number of Topliss-reactive ketones (excluding diaryl/α,β-unsaturated/α-hetero) is 1. The lowest BCUT2D eigenvalue weighted by molar-refractivity contribution is -0.256. The molecule has 4 aliphatic carbocycles. The predicted octanol–water partition coefficient (Wildman–Crippen LogP) is 0.01000. The number of ketones is 1. The Morgan fingerprint density at radius 2 is 1.73 bits per heavy atom. The third-order valence-electron chi connectivity index (χ3n) is 8.84. The van der Waals surface area contributed by atoms with Crippen LogP contribution in [-0.4, -0.2) is 62.3 Å². The lowest BCUT2D eigenvalue weighted by Gasteiger charge is -2.66. The van der Waals surface area contributed by atoms with Crippen molar-refractivity contribution in [3.05, 3.63) is 12.2 Å². The fraction of sp³-hybridized carbons (Fsp3) is 0.850. The molecule has 0 radical (unpaired) electrons. The van der Waals surface area contributed by atoms with Crippen LogP contribution >= 0.6 is 0 Å². The SMILES string of the molecule is C=C1C(=O)[C@@]23[C@H](O)C[C@@H]4[C@@](C)(CO)[C@H](O)CC[C@@]4(C)[C@@H]2C[C@H](O)[C@@H]1[C@H]3O. The van der Waals surface area contributed by atoms with Gasteiger partial charge in [0.05, 0.1) is 36.4 Å². The Labute approximate surface area is 153 Å². The van der Waals surface area contributed by atoms with E-state index in [0.29, 0.717) is 19.3 Å². The molecule has 0 heterocycles. The van der Waals surface area contributed by atoms with Crippen LogP contribution in [0.25, 0.3) is 0 Å². The summed E-state index contributed by atoms with van der Waals surface area (Å²) in [6, 6.07) is 0. The van der Waals surface area contributed by atoms with Gasteiger partial charge in [0.25, 0.3) is 0 Å². The molecule has 0 aromatic rings. The summed E-state index contributed by atoms with van der Waals surface area (Å²) in [5, 5.41) is 53.4. The highest BCUT2D eigenvalue weighted by Gasteiger charge is 2.76. The Hall–Kier alpha value is -0.790. The first kappa shape index (κ1) is 18.6. The minimum atomic E-state index is -1.33. The first-order valence-corrected chi connectivity index (χ1v) is 9.63. The monoisotopic (exact) mass is 366 g/mol. The first-order valence-electron chi connectivity index (χ1n) is 9.63. The van der Waals surface area contributed by atoms with E-state index in [1.807, 2.05) is 13.8 Å². The van der Waals surface area contributed by atoms with Crippen molar-refractivity contribution in [2.24, 2.45) is 34.0 Å². The van der Waals surface area contributed by atoms with Gasteiger partial charge in [-0.1, -0.05) is 20.4 Å². The van der Waals surface area contributed by atoms with Gasteiger partial charge in [0, 0.05) is 11.3 Å². The fourth-order valence-electron chi connectivity index (χ4n) is 7.36. The van der Waals surface area contributed by atoms with Crippen molar-refractivity contribution in [2.45, 2.75) is 63.9 Å². The van der Waals surface area contributed by atoms with Gasteiger partial charge >= 0.3 is 0 Å². The predicted molar refractivity (Wildman–Crippen MR) is 92.8 cm³/mol. The normalized spacial score (nSPS) is 59.1. The molecular formula is C20H30O6. The zero-order valence-corrected chi connectivity index (χ0v) is 15.4. The Morgan fingerprint density at radius 1 is 1.08 bits per heavy atom. The van der Waals surface area contributed by atoms with Crippen LogP contribution in [0.4, 0.5) is 0 Å². The second-order valence-electron chi connectivity index (χ2n) is 9.64. The quantitative estimate of drug-likeness (QED) is 0.417. The highest BCUT2D eigenvalue weighted by atomic mass is 16.3. The van der Waals surface area contributed by atoms with Crippen LogP contribution in [-0.2, 0) is 4.79 Å². The smallest absolute Gasteiger partial charge is 0.170 e. The minimum absolute atomic E-state index is 0.213. The summed E-state index contributed by atoms with van der Waals surface area (Å²) in [7, 11) is 0. The summed E-state index contributed by atoms with van der Waals surface area (Å²) in [4.78, 5) is 13.2. The Morgan fingerprint density at radius 3 is 2.35 bits per heavy atom. The largest absolute Gasteiger partial charge is 0.396 e. The number of carbonyl (C=O) groups excluding carboxylic acids is 1. The molecule has 5 N–H and O–H groups in total. The number of carbonyl (C=O) groups is 1. The molecular weight excluding hydrogens is 336 g/mol. The number of rotatable bonds is 1. The summed E-state index contributed by atoms with van der Waals surface area (Å²) < 4.78 is 0. The van der Waals surface area contributed by atoms with E-state index in [2.05, 4.69) is 6.58 Å². The van der Waals surface area contributed by atoms with Crippen LogP contribution in [0.2, 0.25) is 0 Å². The van der Waals surface area contributed by atoms with Gasteiger partial charge in [0.2, 0.25) is 0 Å². The molecule has 0 saturated heterocycles. The molecule has 4 rings (SSSR count). The zero-order valence-electron chi connectivity index (χ0n) is 15.4. The van der Waals surface area contributed by atoms with Crippen LogP contribution in [0.3, 0.4) is 0 Å². The molecule has 6 heteroatoms. The van der Waals surface area contributed by atoms with Crippen molar-refractivity contribution in [1.29, 1.82) is 0 Å². The fourth-order valence-corrected chi connectivity index (χ4v) is 7.36. The first-order chi connectivity index (χ1) is 12.1. The van der Waals surface area contributed by atoms with E-state index in [1.54, 1.807) is 0 Å². The van der Waals surface area contributed by atoms with Crippen LogP contribution in [0.15, 0.2) is 12.2 Å². The van der Waals surface area contributed by atoms with E-state index in [-0.39, 0.29) is 30.3 Å². The molecule has 0 unspecified atom stereocenters.